The summed E-state index contributed by atoms with van der Waals surface area (Å²) in [6.07, 6.45) is 0. The third-order valence-electron chi connectivity index (χ3n) is 3.05. The Morgan fingerprint density at radius 1 is 0.885 bits per heavy atom. The molecule has 0 atom stereocenters. The molecule has 0 saturated heterocycles. The van der Waals surface area contributed by atoms with Crippen molar-refractivity contribution in [2.24, 2.45) is 0 Å². The molecule has 140 valence electrons. The number of hydrogen-bond acceptors (Lipinski definition) is 7. The summed E-state index contributed by atoms with van der Waals surface area (Å²) in [5, 5.41) is 9.92. The second kappa shape index (κ2) is 9.71. The SMILES string of the molecule is CC(C)Nc1nc(NNC(=S)NCc2ccccc2)nc(NC(C)C)n1. The summed E-state index contributed by atoms with van der Waals surface area (Å²) in [6.45, 7) is 8.72. The third-order valence-corrected chi connectivity index (χ3v) is 3.30. The standard InChI is InChI=1S/C17H26N8S/c1-11(2)19-14-21-15(20-12(3)4)23-16(22-14)24-25-17(26)18-10-13-8-6-5-7-9-13/h5-9,11-12H,10H2,1-4H3,(H2,18,25,26)(H3,19,20,21,22,23,24). The first kappa shape index (κ1) is 19.6. The van der Waals surface area contributed by atoms with Crippen LogP contribution in [0.2, 0.25) is 0 Å². The molecule has 0 fully saturated rings. The molecule has 26 heavy (non-hydrogen) atoms. The first-order chi connectivity index (χ1) is 12.4. The summed E-state index contributed by atoms with van der Waals surface area (Å²) >= 11 is 5.27. The van der Waals surface area contributed by atoms with E-state index < -0.39 is 0 Å². The second-order valence-electron chi connectivity index (χ2n) is 6.32. The third kappa shape index (κ3) is 7.06. The topological polar surface area (TPSA) is 98.8 Å². The molecule has 0 saturated carbocycles. The lowest BCUT2D eigenvalue weighted by Gasteiger charge is -2.15. The molecule has 8 nitrogen and oxygen atoms in total. The molecular formula is C17H26N8S. The summed E-state index contributed by atoms with van der Waals surface area (Å²) in [7, 11) is 0. The van der Waals surface area contributed by atoms with E-state index >= 15 is 0 Å². The molecule has 1 heterocycles. The van der Waals surface area contributed by atoms with E-state index in [0.29, 0.717) is 29.5 Å². The van der Waals surface area contributed by atoms with Crippen LogP contribution in [-0.4, -0.2) is 32.1 Å². The van der Waals surface area contributed by atoms with Gasteiger partial charge < -0.3 is 16.0 Å². The Labute approximate surface area is 159 Å². The van der Waals surface area contributed by atoms with Gasteiger partial charge in [0.2, 0.25) is 17.8 Å². The molecule has 0 aliphatic rings. The van der Waals surface area contributed by atoms with Crippen LogP contribution in [0.4, 0.5) is 17.8 Å². The lowest BCUT2D eigenvalue weighted by atomic mass is 10.2. The lowest BCUT2D eigenvalue weighted by Crippen LogP contribution is -2.39. The molecule has 5 N–H and O–H groups in total. The van der Waals surface area contributed by atoms with E-state index in [1.165, 1.54) is 0 Å². The van der Waals surface area contributed by atoms with Crippen LogP contribution in [0.1, 0.15) is 33.3 Å². The molecule has 0 radical (unpaired) electrons. The average Bonchev–Trinajstić information content (AvgIpc) is 2.57. The van der Waals surface area contributed by atoms with Crippen molar-refractivity contribution in [1.82, 2.24) is 25.7 Å². The van der Waals surface area contributed by atoms with Crippen molar-refractivity contribution in [1.29, 1.82) is 0 Å². The highest BCUT2D eigenvalue weighted by atomic mass is 32.1. The van der Waals surface area contributed by atoms with Gasteiger partial charge in [0.1, 0.15) is 0 Å². The fraction of sp³-hybridized carbons (Fsp3) is 0.412. The van der Waals surface area contributed by atoms with Crippen LogP contribution in [0, 0.1) is 0 Å². The van der Waals surface area contributed by atoms with Crippen molar-refractivity contribution in [3.8, 4) is 0 Å². The quantitative estimate of drug-likeness (QED) is 0.352. The van der Waals surface area contributed by atoms with E-state index in [1.54, 1.807) is 0 Å². The Bertz CT molecular complexity index is 677. The summed E-state index contributed by atoms with van der Waals surface area (Å²) in [5.74, 6) is 1.35. The number of nitrogens with zero attached hydrogens (tertiary/aromatic N) is 3. The molecule has 0 unspecified atom stereocenters. The van der Waals surface area contributed by atoms with Crippen LogP contribution in [0.15, 0.2) is 30.3 Å². The van der Waals surface area contributed by atoms with Gasteiger partial charge in [0.15, 0.2) is 5.11 Å². The predicted octanol–water partition coefficient (Wildman–Crippen LogP) is 2.50. The minimum absolute atomic E-state index is 0.207. The van der Waals surface area contributed by atoms with Crippen molar-refractivity contribution >= 4 is 35.2 Å². The molecule has 0 aliphatic carbocycles. The zero-order valence-electron chi connectivity index (χ0n) is 15.5. The fourth-order valence-electron chi connectivity index (χ4n) is 2.01. The van der Waals surface area contributed by atoms with E-state index in [-0.39, 0.29) is 12.1 Å². The van der Waals surface area contributed by atoms with Gasteiger partial charge >= 0.3 is 0 Å². The summed E-state index contributed by atoms with van der Waals surface area (Å²) in [6, 6.07) is 10.4. The van der Waals surface area contributed by atoms with Gasteiger partial charge in [-0.05, 0) is 45.5 Å². The maximum Gasteiger partial charge on any atom is 0.248 e. The molecule has 0 amide bonds. The van der Waals surface area contributed by atoms with Crippen molar-refractivity contribution in [3.63, 3.8) is 0 Å². The minimum Gasteiger partial charge on any atom is -0.357 e. The van der Waals surface area contributed by atoms with Crippen LogP contribution in [0.3, 0.4) is 0 Å². The number of anilines is 3. The van der Waals surface area contributed by atoms with Crippen molar-refractivity contribution < 1.29 is 0 Å². The Kier molecular flexibility index (Phi) is 7.34. The maximum atomic E-state index is 5.27. The van der Waals surface area contributed by atoms with E-state index in [0.717, 1.165) is 5.56 Å². The normalized spacial score (nSPS) is 10.5. The smallest absolute Gasteiger partial charge is 0.248 e. The average molecular weight is 375 g/mol. The van der Waals surface area contributed by atoms with Crippen molar-refractivity contribution in [2.45, 2.75) is 46.3 Å². The zero-order chi connectivity index (χ0) is 18.9. The number of thiocarbonyl (C=S) groups is 1. The van der Waals surface area contributed by atoms with E-state index in [2.05, 4.69) is 41.8 Å². The molecule has 0 bridgehead atoms. The van der Waals surface area contributed by atoms with Gasteiger partial charge in [-0.15, -0.1) is 0 Å². The Morgan fingerprint density at radius 2 is 1.42 bits per heavy atom. The van der Waals surface area contributed by atoms with E-state index in [1.807, 2.05) is 58.0 Å². The molecule has 0 aliphatic heterocycles. The summed E-state index contributed by atoms with van der Waals surface area (Å²) < 4.78 is 0. The fourth-order valence-corrected chi connectivity index (χ4v) is 2.14. The first-order valence-corrected chi connectivity index (χ1v) is 8.96. The van der Waals surface area contributed by atoms with Crippen molar-refractivity contribution in [3.05, 3.63) is 35.9 Å². The molecule has 9 heteroatoms. The van der Waals surface area contributed by atoms with Crippen LogP contribution >= 0.6 is 12.2 Å². The Balaban J connectivity index is 1.94. The van der Waals surface area contributed by atoms with E-state index in [4.69, 9.17) is 12.2 Å². The van der Waals surface area contributed by atoms with Gasteiger partial charge in [0.25, 0.3) is 0 Å². The van der Waals surface area contributed by atoms with Gasteiger partial charge in [-0.3, -0.25) is 10.9 Å². The first-order valence-electron chi connectivity index (χ1n) is 8.55. The van der Waals surface area contributed by atoms with Gasteiger partial charge in [-0.1, -0.05) is 30.3 Å². The molecular weight excluding hydrogens is 348 g/mol. The number of aromatic nitrogens is 3. The van der Waals surface area contributed by atoms with Crippen LogP contribution in [0.5, 0.6) is 0 Å². The molecule has 2 aromatic rings. The lowest BCUT2D eigenvalue weighted by molar-refractivity contribution is 0.838. The van der Waals surface area contributed by atoms with Crippen LogP contribution in [0.25, 0.3) is 0 Å². The summed E-state index contributed by atoms with van der Waals surface area (Å²) in [4.78, 5) is 13.0. The minimum atomic E-state index is 0.207. The molecule has 0 spiro atoms. The van der Waals surface area contributed by atoms with Gasteiger partial charge in [0.05, 0.1) is 0 Å². The Hall–Kier alpha value is -2.68. The maximum absolute atomic E-state index is 5.27. The number of hydrazine groups is 1. The van der Waals surface area contributed by atoms with Crippen LogP contribution < -0.4 is 26.8 Å². The highest BCUT2D eigenvalue weighted by molar-refractivity contribution is 7.80. The zero-order valence-corrected chi connectivity index (χ0v) is 16.3. The van der Waals surface area contributed by atoms with Gasteiger partial charge in [0, 0.05) is 18.6 Å². The molecule has 1 aromatic heterocycles. The second-order valence-corrected chi connectivity index (χ2v) is 6.73. The van der Waals surface area contributed by atoms with E-state index in [9.17, 15) is 0 Å². The highest BCUT2D eigenvalue weighted by Gasteiger charge is 2.08. The highest BCUT2D eigenvalue weighted by Crippen LogP contribution is 2.10. The number of nitrogens with one attached hydrogen (secondary N) is 5. The largest absolute Gasteiger partial charge is 0.357 e. The summed E-state index contributed by atoms with van der Waals surface area (Å²) in [5.41, 5.74) is 6.95. The number of rotatable bonds is 8. The molecule has 2 rings (SSSR count). The van der Waals surface area contributed by atoms with Gasteiger partial charge in [-0.2, -0.15) is 15.0 Å². The number of hydrogen-bond donors (Lipinski definition) is 5. The molecule has 1 aromatic carbocycles. The Morgan fingerprint density at radius 3 is 1.96 bits per heavy atom. The predicted molar refractivity (Wildman–Crippen MR) is 110 cm³/mol. The monoisotopic (exact) mass is 374 g/mol. The van der Waals surface area contributed by atoms with Crippen LogP contribution in [-0.2, 0) is 6.54 Å². The number of benzene rings is 1. The van der Waals surface area contributed by atoms with Gasteiger partial charge in [-0.25, -0.2) is 0 Å². The van der Waals surface area contributed by atoms with Crippen molar-refractivity contribution in [2.75, 3.05) is 16.1 Å².